The molecule has 0 radical (unpaired) electrons. The van der Waals surface area contributed by atoms with Crippen LogP contribution in [0.15, 0.2) is 8.94 Å². The Labute approximate surface area is 141 Å². The zero-order valence-corrected chi connectivity index (χ0v) is 14.5. The monoisotopic (exact) mass is 332 g/mol. The second kappa shape index (κ2) is 6.25. The molecule has 1 saturated heterocycles. The van der Waals surface area contributed by atoms with Gasteiger partial charge in [0.2, 0.25) is 17.7 Å². The fourth-order valence-electron chi connectivity index (χ4n) is 3.23. The average Bonchev–Trinajstić information content (AvgIpc) is 3.17. The lowest BCUT2D eigenvalue weighted by Gasteiger charge is -2.38. The second-order valence-electron chi connectivity index (χ2n) is 6.85. The van der Waals surface area contributed by atoms with Crippen molar-refractivity contribution in [2.45, 2.75) is 51.6 Å². The van der Waals surface area contributed by atoms with Crippen LogP contribution in [0.3, 0.4) is 0 Å². The summed E-state index contributed by atoms with van der Waals surface area (Å²) in [5.74, 6) is 3.47. The summed E-state index contributed by atoms with van der Waals surface area (Å²) in [6, 6.07) is 0.307. The molecule has 1 saturated carbocycles. The molecule has 24 heavy (non-hydrogen) atoms. The van der Waals surface area contributed by atoms with Crippen LogP contribution in [0.4, 0.5) is 0 Å². The minimum Gasteiger partial charge on any atom is -0.424 e. The van der Waals surface area contributed by atoms with Gasteiger partial charge < -0.3 is 8.94 Å². The number of aryl methyl sites for hydroxylation is 1. The van der Waals surface area contributed by atoms with Crippen LogP contribution in [0.25, 0.3) is 0 Å². The van der Waals surface area contributed by atoms with Crippen molar-refractivity contribution in [3.05, 3.63) is 23.5 Å². The van der Waals surface area contributed by atoms with E-state index in [1.807, 2.05) is 6.92 Å². The number of hydrogen-bond acceptors (Lipinski definition) is 8. The zero-order valence-electron chi connectivity index (χ0n) is 14.5. The normalized spacial score (nSPS) is 22.6. The molecule has 2 atom stereocenters. The van der Waals surface area contributed by atoms with Crippen molar-refractivity contribution >= 4 is 0 Å². The number of piperazine rings is 1. The number of rotatable bonds is 5. The molecule has 0 bridgehead atoms. The molecule has 8 nitrogen and oxygen atoms in total. The van der Waals surface area contributed by atoms with Crippen LogP contribution in [0, 0.1) is 6.92 Å². The number of hydrogen-bond donors (Lipinski definition) is 0. The maximum atomic E-state index is 5.56. The van der Waals surface area contributed by atoms with Crippen molar-refractivity contribution in [2.24, 2.45) is 0 Å². The van der Waals surface area contributed by atoms with Gasteiger partial charge in [0.25, 0.3) is 0 Å². The van der Waals surface area contributed by atoms with Gasteiger partial charge in [-0.15, -0.1) is 10.2 Å². The predicted molar refractivity (Wildman–Crippen MR) is 85.3 cm³/mol. The summed E-state index contributed by atoms with van der Waals surface area (Å²) in [5.41, 5.74) is 0. The van der Waals surface area contributed by atoms with E-state index in [4.69, 9.17) is 8.94 Å². The Bertz CT molecular complexity index is 686. The van der Waals surface area contributed by atoms with E-state index in [1.165, 1.54) is 12.8 Å². The van der Waals surface area contributed by atoms with E-state index in [9.17, 15) is 0 Å². The molecule has 2 aromatic heterocycles. The van der Waals surface area contributed by atoms with Crippen LogP contribution in [0.5, 0.6) is 0 Å². The fourth-order valence-corrected chi connectivity index (χ4v) is 3.23. The summed E-state index contributed by atoms with van der Waals surface area (Å²) in [4.78, 5) is 9.36. The highest BCUT2D eigenvalue weighted by molar-refractivity contribution is 5.05. The molecule has 0 N–H and O–H groups in total. The Morgan fingerprint density at radius 2 is 1.58 bits per heavy atom. The quantitative estimate of drug-likeness (QED) is 0.823. The number of aromatic nitrogens is 4. The third kappa shape index (κ3) is 3.08. The molecule has 0 aromatic carbocycles. The minimum atomic E-state index is 0.147. The highest BCUT2D eigenvalue weighted by Gasteiger charge is 2.32. The lowest BCUT2D eigenvalue weighted by atomic mass is 10.2. The highest BCUT2D eigenvalue weighted by atomic mass is 16.5. The maximum Gasteiger partial charge on any atom is 0.243 e. The van der Waals surface area contributed by atoms with Crippen LogP contribution in [0.1, 0.15) is 68.2 Å². The van der Waals surface area contributed by atoms with E-state index in [0.29, 0.717) is 17.7 Å². The van der Waals surface area contributed by atoms with Crippen LogP contribution in [0.2, 0.25) is 0 Å². The Morgan fingerprint density at radius 3 is 2.12 bits per heavy atom. The minimum absolute atomic E-state index is 0.147. The molecule has 0 spiro atoms. The van der Waals surface area contributed by atoms with E-state index in [1.54, 1.807) is 0 Å². The molecular weight excluding hydrogens is 308 g/mol. The van der Waals surface area contributed by atoms with E-state index < -0.39 is 0 Å². The SMILES string of the molecule is Cc1nnc([C@@H](C)N2CCN([C@@H](C)c3nc(C4CC4)no3)CC2)o1. The first-order valence-corrected chi connectivity index (χ1v) is 8.73. The van der Waals surface area contributed by atoms with Crippen molar-refractivity contribution in [1.29, 1.82) is 0 Å². The van der Waals surface area contributed by atoms with Crippen LogP contribution in [-0.2, 0) is 0 Å². The van der Waals surface area contributed by atoms with E-state index in [2.05, 4.69) is 44.0 Å². The molecule has 3 heterocycles. The van der Waals surface area contributed by atoms with E-state index in [0.717, 1.165) is 37.9 Å². The van der Waals surface area contributed by atoms with Gasteiger partial charge >= 0.3 is 0 Å². The molecule has 1 aliphatic carbocycles. The van der Waals surface area contributed by atoms with Crippen molar-refractivity contribution < 1.29 is 8.94 Å². The maximum absolute atomic E-state index is 5.56. The number of nitrogens with zero attached hydrogens (tertiary/aromatic N) is 6. The van der Waals surface area contributed by atoms with Crippen LogP contribution in [-0.4, -0.2) is 56.3 Å². The van der Waals surface area contributed by atoms with Crippen molar-refractivity contribution in [1.82, 2.24) is 30.1 Å². The molecule has 2 aromatic rings. The van der Waals surface area contributed by atoms with Gasteiger partial charge in [-0.2, -0.15) is 4.98 Å². The average molecular weight is 332 g/mol. The standard InChI is InChI=1S/C16H24N6O2/c1-10(15-17-14(20-24-15)13-4-5-13)21-6-8-22(9-7-21)11(2)16-19-18-12(3)23-16/h10-11,13H,4-9H2,1-3H3/t10-,11+/m0/s1. The van der Waals surface area contributed by atoms with Crippen LogP contribution >= 0.6 is 0 Å². The fraction of sp³-hybridized carbons (Fsp3) is 0.750. The van der Waals surface area contributed by atoms with Gasteiger partial charge in [-0.25, -0.2) is 0 Å². The molecular formula is C16H24N6O2. The third-order valence-electron chi connectivity index (χ3n) is 5.10. The van der Waals surface area contributed by atoms with Crippen molar-refractivity contribution in [3.8, 4) is 0 Å². The lowest BCUT2D eigenvalue weighted by molar-refractivity contribution is 0.0603. The van der Waals surface area contributed by atoms with E-state index >= 15 is 0 Å². The second-order valence-corrected chi connectivity index (χ2v) is 6.85. The molecule has 2 fully saturated rings. The van der Waals surface area contributed by atoms with Gasteiger partial charge in [0.15, 0.2) is 5.82 Å². The molecule has 0 unspecified atom stereocenters. The summed E-state index contributed by atoms with van der Waals surface area (Å²) in [7, 11) is 0. The van der Waals surface area contributed by atoms with Crippen molar-refractivity contribution in [2.75, 3.05) is 26.2 Å². The largest absolute Gasteiger partial charge is 0.424 e. The van der Waals surface area contributed by atoms with Gasteiger partial charge in [0.1, 0.15) is 0 Å². The Hall–Kier alpha value is -1.80. The Morgan fingerprint density at radius 1 is 0.958 bits per heavy atom. The lowest BCUT2D eigenvalue weighted by Crippen LogP contribution is -2.47. The van der Waals surface area contributed by atoms with E-state index in [-0.39, 0.29) is 12.1 Å². The molecule has 0 amide bonds. The smallest absolute Gasteiger partial charge is 0.243 e. The van der Waals surface area contributed by atoms with Crippen molar-refractivity contribution in [3.63, 3.8) is 0 Å². The third-order valence-corrected chi connectivity index (χ3v) is 5.10. The molecule has 8 heteroatoms. The van der Waals surface area contributed by atoms with Gasteiger partial charge in [-0.3, -0.25) is 9.80 Å². The first-order valence-electron chi connectivity index (χ1n) is 8.73. The topological polar surface area (TPSA) is 84.3 Å². The molecule has 130 valence electrons. The Kier molecular flexibility index (Phi) is 4.09. The van der Waals surface area contributed by atoms with Gasteiger partial charge in [-0.05, 0) is 26.7 Å². The first kappa shape index (κ1) is 15.7. The molecule has 4 rings (SSSR count). The van der Waals surface area contributed by atoms with Gasteiger partial charge in [0, 0.05) is 39.0 Å². The summed E-state index contributed by atoms with van der Waals surface area (Å²) < 4.78 is 11.0. The summed E-state index contributed by atoms with van der Waals surface area (Å²) in [6.45, 7) is 9.91. The molecule has 2 aliphatic rings. The summed E-state index contributed by atoms with van der Waals surface area (Å²) in [6.07, 6.45) is 2.39. The summed E-state index contributed by atoms with van der Waals surface area (Å²) in [5, 5.41) is 12.2. The van der Waals surface area contributed by atoms with Crippen LogP contribution < -0.4 is 0 Å². The highest BCUT2D eigenvalue weighted by Crippen LogP contribution is 2.38. The first-order chi connectivity index (χ1) is 11.6. The van der Waals surface area contributed by atoms with Gasteiger partial charge in [0.05, 0.1) is 12.1 Å². The van der Waals surface area contributed by atoms with Gasteiger partial charge in [-0.1, -0.05) is 5.16 Å². The molecule has 1 aliphatic heterocycles. The Balaban J connectivity index is 1.34. The summed E-state index contributed by atoms with van der Waals surface area (Å²) >= 11 is 0. The zero-order chi connectivity index (χ0) is 16.7. The predicted octanol–water partition coefficient (Wildman–Crippen LogP) is 2.08.